The lowest BCUT2D eigenvalue weighted by Crippen LogP contribution is -2.26. The summed E-state index contributed by atoms with van der Waals surface area (Å²) in [6.45, 7) is 4.44. The Hall–Kier alpha value is -1.10. The molecular formula is C9H14ClN3O2. The first-order valence-electron chi connectivity index (χ1n) is 4.78. The van der Waals surface area contributed by atoms with Gasteiger partial charge in [0, 0.05) is 18.9 Å². The second-order valence-corrected chi connectivity index (χ2v) is 3.70. The lowest BCUT2D eigenvalue weighted by atomic mass is 10.2. The van der Waals surface area contributed by atoms with Crippen LogP contribution in [-0.2, 0) is 11.2 Å². The van der Waals surface area contributed by atoms with Gasteiger partial charge < -0.3 is 9.84 Å². The normalized spacial score (nSPS) is 10.7. The predicted molar refractivity (Wildman–Crippen MR) is 55.8 cm³/mol. The van der Waals surface area contributed by atoms with Crippen LogP contribution in [-0.4, -0.2) is 28.5 Å². The summed E-state index contributed by atoms with van der Waals surface area (Å²) in [5, 5.41) is 6.43. The molecule has 0 aliphatic carbocycles. The van der Waals surface area contributed by atoms with Gasteiger partial charge in [-0.25, -0.2) is 0 Å². The zero-order valence-corrected chi connectivity index (χ0v) is 9.54. The highest BCUT2D eigenvalue weighted by molar-refractivity contribution is 6.27. The SMILES string of the molecule is CC(C)c1noc(CCNC(=O)CCl)n1. The summed E-state index contributed by atoms with van der Waals surface area (Å²) in [4.78, 5) is 15.0. The Morgan fingerprint density at radius 1 is 1.60 bits per heavy atom. The number of nitrogens with zero attached hydrogens (tertiary/aromatic N) is 2. The quantitative estimate of drug-likeness (QED) is 0.771. The van der Waals surface area contributed by atoms with E-state index in [0.717, 1.165) is 0 Å². The highest BCUT2D eigenvalue weighted by atomic mass is 35.5. The van der Waals surface area contributed by atoms with Gasteiger partial charge >= 0.3 is 0 Å². The molecule has 0 atom stereocenters. The Morgan fingerprint density at radius 2 is 2.33 bits per heavy atom. The van der Waals surface area contributed by atoms with Gasteiger partial charge in [-0.2, -0.15) is 4.98 Å². The van der Waals surface area contributed by atoms with E-state index in [1.807, 2.05) is 13.8 Å². The van der Waals surface area contributed by atoms with Crippen LogP contribution in [0, 0.1) is 0 Å². The van der Waals surface area contributed by atoms with Gasteiger partial charge in [0.05, 0.1) is 0 Å². The zero-order chi connectivity index (χ0) is 11.3. The lowest BCUT2D eigenvalue weighted by molar-refractivity contribution is -0.118. The van der Waals surface area contributed by atoms with Crippen LogP contribution in [0.2, 0.25) is 0 Å². The Labute approximate surface area is 93.2 Å². The molecule has 0 aliphatic rings. The first-order valence-corrected chi connectivity index (χ1v) is 5.32. The van der Waals surface area contributed by atoms with E-state index in [2.05, 4.69) is 15.5 Å². The summed E-state index contributed by atoms with van der Waals surface area (Å²) < 4.78 is 5.00. The van der Waals surface area contributed by atoms with Crippen molar-refractivity contribution in [1.29, 1.82) is 0 Å². The van der Waals surface area contributed by atoms with Gasteiger partial charge in [-0.15, -0.1) is 11.6 Å². The Balaban J connectivity index is 2.34. The lowest BCUT2D eigenvalue weighted by Gasteiger charge is -1.98. The first kappa shape index (κ1) is 12.0. The van der Waals surface area contributed by atoms with Crippen molar-refractivity contribution < 1.29 is 9.32 Å². The van der Waals surface area contributed by atoms with Gasteiger partial charge in [-0.05, 0) is 0 Å². The number of carbonyl (C=O) groups excluding carboxylic acids is 1. The number of carbonyl (C=O) groups is 1. The molecule has 0 aliphatic heterocycles. The molecule has 0 saturated heterocycles. The van der Waals surface area contributed by atoms with E-state index in [-0.39, 0.29) is 17.7 Å². The molecule has 84 valence electrons. The molecule has 1 amide bonds. The number of alkyl halides is 1. The molecule has 0 unspecified atom stereocenters. The molecule has 6 heteroatoms. The van der Waals surface area contributed by atoms with Crippen LogP contribution >= 0.6 is 11.6 Å². The highest BCUT2D eigenvalue weighted by Crippen LogP contribution is 2.09. The number of halogens is 1. The van der Waals surface area contributed by atoms with Gasteiger partial charge in [0.1, 0.15) is 5.88 Å². The van der Waals surface area contributed by atoms with Gasteiger partial charge in [0.15, 0.2) is 5.82 Å². The van der Waals surface area contributed by atoms with Crippen molar-refractivity contribution in [3.8, 4) is 0 Å². The maximum Gasteiger partial charge on any atom is 0.234 e. The molecule has 15 heavy (non-hydrogen) atoms. The fraction of sp³-hybridized carbons (Fsp3) is 0.667. The van der Waals surface area contributed by atoms with Crippen LogP contribution in [0.5, 0.6) is 0 Å². The molecule has 0 bridgehead atoms. The van der Waals surface area contributed by atoms with E-state index in [1.165, 1.54) is 0 Å². The minimum Gasteiger partial charge on any atom is -0.355 e. The van der Waals surface area contributed by atoms with Gasteiger partial charge in [0.2, 0.25) is 11.8 Å². The molecule has 1 heterocycles. The first-order chi connectivity index (χ1) is 7.13. The molecule has 5 nitrogen and oxygen atoms in total. The third-order valence-corrected chi connectivity index (χ3v) is 2.03. The van der Waals surface area contributed by atoms with E-state index in [0.29, 0.717) is 24.7 Å². The van der Waals surface area contributed by atoms with E-state index in [9.17, 15) is 4.79 Å². The van der Waals surface area contributed by atoms with Crippen molar-refractivity contribution >= 4 is 17.5 Å². The molecule has 1 aromatic rings. The topological polar surface area (TPSA) is 68.0 Å². The molecule has 0 saturated carbocycles. The summed E-state index contributed by atoms with van der Waals surface area (Å²) in [5.41, 5.74) is 0. The van der Waals surface area contributed by atoms with E-state index in [4.69, 9.17) is 16.1 Å². The number of rotatable bonds is 5. The van der Waals surface area contributed by atoms with Crippen LogP contribution in [0.25, 0.3) is 0 Å². The standard InChI is InChI=1S/C9H14ClN3O2/c1-6(2)9-12-8(15-13-9)3-4-11-7(14)5-10/h6H,3-5H2,1-2H3,(H,11,14). The largest absolute Gasteiger partial charge is 0.355 e. The van der Waals surface area contributed by atoms with Gasteiger partial charge in [-0.1, -0.05) is 19.0 Å². The zero-order valence-electron chi connectivity index (χ0n) is 8.79. The molecule has 1 N–H and O–H groups in total. The van der Waals surface area contributed by atoms with Crippen molar-refractivity contribution in [3.63, 3.8) is 0 Å². The number of nitrogens with one attached hydrogen (secondary N) is 1. The van der Waals surface area contributed by atoms with E-state index in [1.54, 1.807) is 0 Å². The molecule has 1 aromatic heterocycles. The maximum absolute atomic E-state index is 10.8. The summed E-state index contributed by atoms with van der Waals surface area (Å²) in [6, 6.07) is 0. The van der Waals surface area contributed by atoms with Crippen molar-refractivity contribution in [2.45, 2.75) is 26.2 Å². The fourth-order valence-corrected chi connectivity index (χ4v) is 1.05. The fourth-order valence-electron chi connectivity index (χ4n) is 0.960. The number of hydrogen-bond acceptors (Lipinski definition) is 4. The van der Waals surface area contributed by atoms with Crippen LogP contribution in [0.4, 0.5) is 0 Å². The summed E-state index contributed by atoms with van der Waals surface area (Å²) in [6.07, 6.45) is 0.530. The van der Waals surface area contributed by atoms with Gasteiger partial charge in [-0.3, -0.25) is 4.79 Å². The van der Waals surface area contributed by atoms with Crippen molar-refractivity contribution in [3.05, 3.63) is 11.7 Å². The number of amides is 1. The predicted octanol–water partition coefficient (Wildman–Crippen LogP) is 1.09. The van der Waals surface area contributed by atoms with Crippen LogP contribution in [0.1, 0.15) is 31.5 Å². The monoisotopic (exact) mass is 231 g/mol. The molecule has 0 spiro atoms. The maximum atomic E-state index is 10.8. The average Bonchev–Trinajstić information content (AvgIpc) is 2.66. The average molecular weight is 232 g/mol. The van der Waals surface area contributed by atoms with E-state index >= 15 is 0 Å². The summed E-state index contributed by atoms with van der Waals surface area (Å²) >= 11 is 5.32. The second-order valence-electron chi connectivity index (χ2n) is 3.43. The summed E-state index contributed by atoms with van der Waals surface area (Å²) in [7, 11) is 0. The second kappa shape index (κ2) is 5.70. The van der Waals surface area contributed by atoms with Gasteiger partial charge in [0.25, 0.3) is 0 Å². The van der Waals surface area contributed by atoms with E-state index < -0.39 is 0 Å². The van der Waals surface area contributed by atoms with Crippen LogP contribution in [0.15, 0.2) is 4.52 Å². The minimum atomic E-state index is -0.194. The molecule has 0 radical (unpaired) electrons. The molecule has 0 fully saturated rings. The summed E-state index contributed by atoms with van der Waals surface area (Å²) in [5.74, 6) is 1.25. The molecule has 1 rings (SSSR count). The Bertz CT molecular complexity index is 325. The number of aromatic nitrogens is 2. The highest BCUT2D eigenvalue weighted by Gasteiger charge is 2.09. The van der Waals surface area contributed by atoms with Crippen molar-refractivity contribution in [2.24, 2.45) is 0 Å². The van der Waals surface area contributed by atoms with Crippen LogP contribution in [0.3, 0.4) is 0 Å². The Kier molecular flexibility index (Phi) is 4.55. The molecular weight excluding hydrogens is 218 g/mol. The third kappa shape index (κ3) is 3.87. The minimum absolute atomic E-state index is 0.0267. The number of hydrogen-bond donors (Lipinski definition) is 1. The smallest absolute Gasteiger partial charge is 0.234 e. The van der Waals surface area contributed by atoms with Crippen LogP contribution < -0.4 is 5.32 Å². The Morgan fingerprint density at radius 3 is 2.87 bits per heavy atom. The van der Waals surface area contributed by atoms with Crippen molar-refractivity contribution in [2.75, 3.05) is 12.4 Å². The molecule has 0 aromatic carbocycles. The van der Waals surface area contributed by atoms with Crippen molar-refractivity contribution in [1.82, 2.24) is 15.5 Å². The third-order valence-electron chi connectivity index (χ3n) is 1.78.